The van der Waals surface area contributed by atoms with Crippen molar-refractivity contribution in [2.75, 3.05) is 11.7 Å². The highest BCUT2D eigenvalue weighted by molar-refractivity contribution is 9.10. The van der Waals surface area contributed by atoms with Crippen LogP contribution in [0.4, 0.5) is 10.2 Å². The van der Waals surface area contributed by atoms with E-state index in [9.17, 15) is 9.18 Å². The number of benzene rings is 3. The summed E-state index contributed by atoms with van der Waals surface area (Å²) in [5, 5.41) is 5.72. The molecular formula is C27H19BrFN5OS. The van der Waals surface area contributed by atoms with E-state index in [2.05, 4.69) is 36.4 Å². The number of hydrogen-bond donors (Lipinski definition) is 1. The van der Waals surface area contributed by atoms with E-state index in [0.29, 0.717) is 16.5 Å². The molecule has 36 heavy (non-hydrogen) atoms. The van der Waals surface area contributed by atoms with Crippen LogP contribution in [-0.2, 0) is 0 Å². The third kappa shape index (κ3) is 4.80. The Morgan fingerprint density at radius 3 is 2.50 bits per heavy atom. The molecule has 0 bridgehead atoms. The molecule has 0 amide bonds. The predicted octanol–water partition coefficient (Wildman–Crippen LogP) is 6.52. The number of pyridine rings is 1. The van der Waals surface area contributed by atoms with Crippen molar-refractivity contribution in [2.45, 2.75) is 5.03 Å². The van der Waals surface area contributed by atoms with Gasteiger partial charge in [0.1, 0.15) is 16.7 Å². The number of anilines is 1. The molecule has 5 rings (SSSR count). The van der Waals surface area contributed by atoms with Crippen LogP contribution < -0.4 is 11.0 Å². The molecule has 0 unspecified atom stereocenters. The van der Waals surface area contributed by atoms with Gasteiger partial charge in [0.15, 0.2) is 5.82 Å². The average Bonchev–Trinajstić information content (AvgIpc) is 2.90. The van der Waals surface area contributed by atoms with Crippen LogP contribution >= 0.6 is 27.7 Å². The maximum Gasteiger partial charge on any atom is 0.268 e. The molecular weight excluding hydrogens is 541 g/mol. The first kappa shape index (κ1) is 23.9. The van der Waals surface area contributed by atoms with E-state index < -0.39 is 5.82 Å². The van der Waals surface area contributed by atoms with E-state index in [4.69, 9.17) is 0 Å². The smallest absolute Gasteiger partial charge is 0.268 e. The van der Waals surface area contributed by atoms with Gasteiger partial charge in [0.05, 0.1) is 28.5 Å². The largest absolute Gasteiger partial charge is 0.268 e. The standard InChI is InChI=1S/C27H19BrFN5OS/c1-36-26-21(16-30-33-24-15-10-17-6-2-5-9-23(17)31-24)27(35)34(19-13-11-18(28)12-14-19)25(32-26)20-7-3-4-8-22(20)29/h2-16H,1H3,(H,31,33)/b30-16+. The normalized spacial score (nSPS) is 11.3. The average molecular weight is 560 g/mol. The molecule has 1 N–H and O–H groups in total. The van der Waals surface area contributed by atoms with Gasteiger partial charge in [-0.3, -0.25) is 14.8 Å². The lowest BCUT2D eigenvalue weighted by Crippen LogP contribution is -2.26. The zero-order chi connectivity index (χ0) is 25.1. The second-order valence-electron chi connectivity index (χ2n) is 7.71. The summed E-state index contributed by atoms with van der Waals surface area (Å²) in [4.78, 5) is 23.0. The van der Waals surface area contributed by atoms with Gasteiger partial charge in [-0.15, -0.1) is 11.8 Å². The van der Waals surface area contributed by atoms with Crippen LogP contribution in [-0.4, -0.2) is 27.0 Å². The quantitative estimate of drug-likeness (QED) is 0.111. The topological polar surface area (TPSA) is 72.2 Å². The molecule has 3 aromatic carbocycles. The molecule has 0 aliphatic rings. The van der Waals surface area contributed by atoms with Crippen LogP contribution in [0.3, 0.4) is 0 Å². The number of rotatable bonds is 6. The first-order valence-corrected chi connectivity index (χ1v) is 12.9. The molecule has 0 saturated carbocycles. The van der Waals surface area contributed by atoms with Crippen molar-refractivity contribution in [3.8, 4) is 17.1 Å². The van der Waals surface area contributed by atoms with Crippen molar-refractivity contribution in [3.05, 3.63) is 111 Å². The van der Waals surface area contributed by atoms with Gasteiger partial charge in [-0.05, 0) is 60.9 Å². The first-order valence-electron chi connectivity index (χ1n) is 10.9. The number of para-hydroxylation sites is 1. The van der Waals surface area contributed by atoms with Gasteiger partial charge < -0.3 is 0 Å². The fourth-order valence-electron chi connectivity index (χ4n) is 3.72. The zero-order valence-corrected chi connectivity index (χ0v) is 21.4. The number of fused-ring (bicyclic) bond motifs is 1. The molecule has 0 fully saturated rings. The molecule has 6 nitrogen and oxygen atoms in total. The third-order valence-corrected chi connectivity index (χ3v) is 6.67. The Morgan fingerprint density at radius 2 is 1.72 bits per heavy atom. The molecule has 0 radical (unpaired) electrons. The SMILES string of the molecule is CSc1nc(-c2ccccc2F)n(-c2ccc(Br)cc2)c(=O)c1/C=N/Nc1ccc2ccccc2n1. The molecule has 5 aromatic rings. The van der Waals surface area contributed by atoms with Crippen molar-refractivity contribution in [3.63, 3.8) is 0 Å². The summed E-state index contributed by atoms with van der Waals surface area (Å²) in [6.07, 6.45) is 3.24. The lowest BCUT2D eigenvalue weighted by molar-refractivity contribution is 0.628. The number of aromatic nitrogens is 3. The Morgan fingerprint density at radius 1 is 0.972 bits per heavy atom. The number of nitrogens with one attached hydrogen (secondary N) is 1. The fraction of sp³-hybridized carbons (Fsp3) is 0.0370. The van der Waals surface area contributed by atoms with Crippen LogP contribution in [0.1, 0.15) is 5.56 Å². The molecule has 0 saturated heterocycles. The minimum Gasteiger partial charge on any atom is -0.268 e. The van der Waals surface area contributed by atoms with Gasteiger partial charge in [-0.25, -0.2) is 14.4 Å². The molecule has 9 heteroatoms. The molecule has 0 aliphatic carbocycles. The summed E-state index contributed by atoms with van der Waals surface area (Å²) in [7, 11) is 0. The monoisotopic (exact) mass is 559 g/mol. The molecule has 178 valence electrons. The van der Waals surface area contributed by atoms with Crippen molar-refractivity contribution in [1.29, 1.82) is 0 Å². The Hall–Kier alpha value is -3.82. The Bertz CT molecular complexity index is 1650. The Labute approximate surface area is 219 Å². The minimum atomic E-state index is -0.465. The highest BCUT2D eigenvalue weighted by Gasteiger charge is 2.20. The fourth-order valence-corrected chi connectivity index (χ4v) is 4.53. The predicted molar refractivity (Wildman–Crippen MR) is 148 cm³/mol. The molecule has 2 aromatic heterocycles. The molecule has 2 heterocycles. The van der Waals surface area contributed by atoms with Gasteiger partial charge in [-0.1, -0.05) is 46.3 Å². The number of thioether (sulfide) groups is 1. The highest BCUT2D eigenvalue weighted by Crippen LogP contribution is 2.26. The number of nitrogens with zero attached hydrogens (tertiary/aromatic N) is 4. The lowest BCUT2D eigenvalue weighted by Gasteiger charge is -2.16. The van der Waals surface area contributed by atoms with E-state index in [-0.39, 0.29) is 22.5 Å². The Kier molecular flexibility index (Phi) is 6.92. The summed E-state index contributed by atoms with van der Waals surface area (Å²) in [6.45, 7) is 0. The first-order chi connectivity index (χ1) is 17.5. The molecule has 0 aliphatic heterocycles. The Balaban J connectivity index is 1.61. The van der Waals surface area contributed by atoms with Crippen molar-refractivity contribution < 1.29 is 4.39 Å². The molecule has 0 atom stereocenters. The van der Waals surface area contributed by atoms with Crippen LogP contribution in [0.25, 0.3) is 28.0 Å². The maximum absolute atomic E-state index is 14.8. The van der Waals surface area contributed by atoms with E-state index in [1.807, 2.05) is 54.8 Å². The second kappa shape index (κ2) is 10.4. The van der Waals surface area contributed by atoms with E-state index >= 15 is 0 Å². The van der Waals surface area contributed by atoms with Gasteiger partial charge in [0, 0.05) is 9.86 Å². The van der Waals surface area contributed by atoms with Gasteiger partial charge in [0.2, 0.25) is 0 Å². The minimum absolute atomic E-state index is 0.214. The number of halogens is 2. The summed E-state index contributed by atoms with van der Waals surface area (Å²) < 4.78 is 17.1. The van der Waals surface area contributed by atoms with E-state index in [1.54, 1.807) is 30.3 Å². The van der Waals surface area contributed by atoms with Crippen LogP contribution in [0.15, 0.2) is 104 Å². The lowest BCUT2D eigenvalue weighted by atomic mass is 10.1. The van der Waals surface area contributed by atoms with Crippen LogP contribution in [0.2, 0.25) is 0 Å². The van der Waals surface area contributed by atoms with Crippen molar-refractivity contribution in [2.24, 2.45) is 5.10 Å². The number of hydrazone groups is 1. The summed E-state index contributed by atoms with van der Waals surface area (Å²) in [5.74, 6) is 0.290. The third-order valence-electron chi connectivity index (χ3n) is 5.45. The van der Waals surface area contributed by atoms with Crippen molar-refractivity contribution in [1.82, 2.24) is 14.5 Å². The number of hydrogen-bond acceptors (Lipinski definition) is 6. The summed E-state index contributed by atoms with van der Waals surface area (Å²) in [5.41, 5.74) is 4.42. The van der Waals surface area contributed by atoms with Gasteiger partial charge in [0.25, 0.3) is 5.56 Å². The molecule has 0 spiro atoms. The zero-order valence-electron chi connectivity index (χ0n) is 19.0. The van der Waals surface area contributed by atoms with Crippen LogP contribution in [0, 0.1) is 5.82 Å². The summed E-state index contributed by atoms with van der Waals surface area (Å²) in [6, 6.07) is 25.0. The van der Waals surface area contributed by atoms with Crippen LogP contribution in [0.5, 0.6) is 0 Å². The van der Waals surface area contributed by atoms with Gasteiger partial charge >= 0.3 is 0 Å². The van der Waals surface area contributed by atoms with Crippen molar-refractivity contribution >= 4 is 50.6 Å². The van der Waals surface area contributed by atoms with E-state index in [1.165, 1.54) is 28.6 Å². The summed E-state index contributed by atoms with van der Waals surface area (Å²) >= 11 is 4.71. The van der Waals surface area contributed by atoms with Gasteiger partial charge in [-0.2, -0.15) is 5.10 Å². The highest BCUT2D eigenvalue weighted by atomic mass is 79.9. The maximum atomic E-state index is 14.8. The second-order valence-corrected chi connectivity index (χ2v) is 9.43. The van der Waals surface area contributed by atoms with E-state index in [0.717, 1.165) is 15.4 Å².